The second-order valence-electron chi connectivity index (χ2n) is 10.6. The van der Waals surface area contributed by atoms with Gasteiger partial charge in [0.15, 0.2) is 0 Å². The highest BCUT2D eigenvalue weighted by Gasteiger charge is 2.48. The zero-order chi connectivity index (χ0) is 19.1. The zero-order valence-corrected chi connectivity index (χ0v) is 18.1. The molecule has 1 amide bonds. The van der Waals surface area contributed by atoms with Gasteiger partial charge in [-0.2, -0.15) is 0 Å². The third-order valence-corrected chi connectivity index (χ3v) is 9.86. The molecule has 3 nitrogen and oxygen atoms in total. The van der Waals surface area contributed by atoms with Crippen LogP contribution in [0.3, 0.4) is 0 Å². The highest BCUT2D eigenvalue weighted by molar-refractivity contribution is 8.13. The van der Waals surface area contributed by atoms with Gasteiger partial charge in [0.05, 0.1) is 0 Å². The van der Waals surface area contributed by atoms with E-state index in [0.29, 0.717) is 29.9 Å². The van der Waals surface area contributed by atoms with E-state index < -0.39 is 0 Å². The topological polar surface area (TPSA) is 37.4 Å². The highest BCUT2D eigenvalue weighted by atomic mass is 32.2. The third kappa shape index (κ3) is 3.91. The van der Waals surface area contributed by atoms with Crippen molar-refractivity contribution in [3.8, 4) is 0 Å². The highest BCUT2D eigenvalue weighted by Crippen LogP contribution is 2.57. The Morgan fingerprint density at radius 1 is 0.821 bits per heavy atom. The number of nitrogens with zero attached hydrogens (tertiary/aromatic N) is 1. The Bertz CT molecular complexity index is 575. The van der Waals surface area contributed by atoms with Crippen molar-refractivity contribution in [3.63, 3.8) is 0 Å². The van der Waals surface area contributed by atoms with E-state index in [9.17, 15) is 9.59 Å². The van der Waals surface area contributed by atoms with Gasteiger partial charge in [-0.15, -0.1) is 0 Å². The van der Waals surface area contributed by atoms with Crippen molar-refractivity contribution in [2.45, 2.75) is 89.5 Å². The SMILES string of the molecule is O=C(CCSC(=O)N1CCCC2CCCCC21)CC1C2CC3CC(C2)CC1C3. The number of carbonyl (C=O) groups excluding carboxylic acids is 2. The van der Waals surface area contributed by atoms with E-state index in [1.165, 1.54) is 82.4 Å². The monoisotopic (exact) mass is 403 g/mol. The number of fused-ring (bicyclic) bond motifs is 1. The summed E-state index contributed by atoms with van der Waals surface area (Å²) in [6.07, 6.45) is 16.1. The first-order valence-electron chi connectivity index (χ1n) is 12.1. The van der Waals surface area contributed by atoms with Crippen LogP contribution in [-0.4, -0.2) is 34.3 Å². The average Bonchev–Trinajstić information content (AvgIpc) is 2.69. The average molecular weight is 404 g/mol. The first kappa shape index (κ1) is 19.5. The fourth-order valence-corrected chi connectivity index (χ4v) is 8.82. The Labute approximate surface area is 174 Å². The standard InChI is InChI=1S/C24H37NO2S/c26-21(15-22-19-11-16-10-17(13-19)14-20(22)12-16)7-9-28-24(27)25-8-3-5-18-4-1-2-6-23(18)25/h16-20,22-23H,1-15H2. The molecule has 0 aromatic heterocycles. The summed E-state index contributed by atoms with van der Waals surface area (Å²) in [5, 5.41) is 0.249. The molecule has 0 aromatic carbocycles. The van der Waals surface area contributed by atoms with E-state index in [-0.39, 0.29) is 5.24 Å². The van der Waals surface area contributed by atoms with Crippen LogP contribution in [0.1, 0.15) is 83.5 Å². The number of carbonyl (C=O) groups is 2. The molecule has 1 saturated heterocycles. The third-order valence-electron chi connectivity index (χ3n) is 8.97. The fraction of sp³-hybridized carbons (Fsp3) is 0.917. The molecule has 4 bridgehead atoms. The maximum Gasteiger partial charge on any atom is 0.281 e. The van der Waals surface area contributed by atoms with Gasteiger partial charge >= 0.3 is 0 Å². The number of ketones is 1. The first-order chi connectivity index (χ1) is 13.7. The molecular formula is C24H37NO2S. The van der Waals surface area contributed by atoms with Crippen molar-refractivity contribution in [1.82, 2.24) is 4.90 Å². The second-order valence-corrected chi connectivity index (χ2v) is 11.7. The predicted octanol–water partition coefficient (Wildman–Crippen LogP) is 5.92. The summed E-state index contributed by atoms with van der Waals surface area (Å²) in [5.74, 6) is 6.17. The Morgan fingerprint density at radius 3 is 2.25 bits per heavy atom. The van der Waals surface area contributed by atoms with E-state index in [2.05, 4.69) is 4.90 Å². The molecule has 0 radical (unpaired) electrons. The molecule has 5 aliphatic carbocycles. The molecule has 6 fully saturated rings. The number of rotatable bonds is 5. The van der Waals surface area contributed by atoms with E-state index in [1.807, 2.05) is 0 Å². The van der Waals surface area contributed by atoms with Gasteiger partial charge in [-0.05, 0) is 93.3 Å². The number of amides is 1. The lowest BCUT2D eigenvalue weighted by Crippen LogP contribution is -2.48. The molecule has 28 heavy (non-hydrogen) atoms. The van der Waals surface area contributed by atoms with Crippen molar-refractivity contribution < 1.29 is 9.59 Å². The molecule has 2 unspecified atom stereocenters. The van der Waals surface area contributed by atoms with E-state index in [0.717, 1.165) is 42.6 Å². The lowest BCUT2D eigenvalue weighted by Gasteiger charge is -2.54. The van der Waals surface area contributed by atoms with E-state index >= 15 is 0 Å². The zero-order valence-electron chi connectivity index (χ0n) is 17.3. The Morgan fingerprint density at radius 2 is 1.50 bits per heavy atom. The smallest absolute Gasteiger partial charge is 0.281 e. The van der Waals surface area contributed by atoms with Crippen molar-refractivity contribution >= 4 is 22.8 Å². The summed E-state index contributed by atoms with van der Waals surface area (Å²) in [6.45, 7) is 0.939. The number of hydrogen-bond donors (Lipinski definition) is 0. The molecule has 0 N–H and O–H groups in total. The molecule has 0 spiro atoms. The van der Waals surface area contributed by atoms with Gasteiger partial charge in [0, 0.05) is 31.2 Å². The van der Waals surface area contributed by atoms with Gasteiger partial charge in [0.2, 0.25) is 0 Å². The predicted molar refractivity (Wildman–Crippen MR) is 114 cm³/mol. The van der Waals surface area contributed by atoms with Gasteiger partial charge < -0.3 is 4.90 Å². The summed E-state index contributed by atoms with van der Waals surface area (Å²) >= 11 is 1.42. The number of thioether (sulfide) groups is 1. The van der Waals surface area contributed by atoms with Crippen LogP contribution in [0.2, 0.25) is 0 Å². The minimum Gasteiger partial charge on any atom is -0.330 e. The van der Waals surface area contributed by atoms with Crippen molar-refractivity contribution in [1.29, 1.82) is 0 Å². The molecule has 4 heteroatoms. The van der Waals surface area contributed by atoms with Crippen LogP contribution in [0.15, 0.2) is 0 Å². The molecule has 5 saturated carbocycles. The summed E-state index contributed by atoms with van der Waals surface area (Å²) in [4.78, 5) is 27.7. The second kappa shape index (κ2) is 8.32. The molecule has 6 aliphatic rings. The quantitative estimate of drug-likeness (QED) is 0.572. The van der Waals surface area contributed by atoms with Crippen LogP contribution in [0.25, 0.3) is 0 Å². The van der Waals surface area contributed by atoms with E-state index in [4.69, 9.17) is 0 Å². The Hall–Kier alpha value is -0.510. The molecule has 2 atom stereocenters. The summed E-state index contributed by atoms with van der Waals surface area (Å²) in [5.41, 5.74) is 0. The minimum absolute atomic E-state index is 0.249. The molecule has 1 aliphatic heterocycles. The molecule has 156 valence electrons. The molecular weight excluding hydrogens is 366 g/mol. The van der Waals surface area contributed by atoms with Crippen molar-refractivity contribution in [2.75, 3.05) is 12.3 Å². The molecule has 0 aromatic rings. The van der Waals surface area contributed by atoms with Crippen LogP contribution in [0.5, 0.6) is 0 Å². The number of piperidine rings is 1. The summed E-state index contributed by atoms with van der Waals surface area (Å²) < 4.78 is 0. The van der Waals surface area contributed by atoms with Crippen LogP contribution in [0.4, 0.5) is 4.79 Å². The number of hydrogen-bond acceptors (Lipinski definition) is 3. The maximum absolute atomic E-state index is 12.8. The number of likely N-dealkylation sites (tertiary alicyclic amines) is 1. The minimum atomic E-state index is 0.249. The Balaban J connectivity index is 1.07. The van der Waals surface area contributed by atoms with Crippen LogP contribution in [-0.2, 0) is 4.79 Å². The summed E-state index contributed by atoms with van der Waals surface area (Å²) in [7, 11) is 0. The van der Waals surface area contributed by atoms with Gasteiger partial charge in [-0.3, -0.25) is 9.59 Å². The van der Waals surface area contributed by atoms with Gasteiger partial charge in [-0.1, -0.05) is 24.6 Å². The molecule has 1 heterocycles. The Kier molecular flexibility index (Phi) is 5.78. The lowest BCUT2D eigenvalue weighted by molar-refractivity contribution is -0.123. The largest absolute Gasteiger partial charge is 0.330 e. The van der Waals surface area contributed by atoms with Crippen LogP contribution < -0.4 is 0 Å². The molecule has 6 rings (SSSR count). The van der Waals surface area contributed by atoms with Crippen LogP contribution in [0, 0.1) is 35.5 Å². The number of Topliss-reactive ketones (excluding diaryl/α,β-unsaturated/α-hetero) is 1. The first-order valence-corrected chi connectivity index (χ1v) is 13.1. The summed E-state index contributed by atoms with van der Waals surface area (Å²) in [6, 6.07) is 0.492. The van der Waals surface area contributed by atoms with Gasteiger partial charge in [-0.25, -0.2) is 0 Å². The van der Waals surface area contributed by atoms with E-state index in [1.54, 1.807) is 0 Å². The van der Waals surface area contributed by atoms with Crippen molar-refractivity contribution in [3.05, 3.63) is 0 Å². The fourth-order valence-electron chi connectivity index (χ4n) is 7.92. The van der Waals surface area contributed by atoms with Gasteiger partial charge in [0.1, 0.15) is 5.78 Å². The van der Waals surface area contributed by atoms with Crippen LogP contribution >= 0.6 is 11.8 Å². The maximum atomic E-state index is 12.8. The normalized spacial score (nSPS) is 41.7. The van der Waals surface area contributed by atoms with Crippen molar-refractivity contribution in [2.24, 2.45) is 35.5 Å². The lowest BCUT2D eigenvalue weighted by atomic mass is 9.51. The van der Waals surface area contributed by atoms with Gasteiger partial charge in [0.25, 0.3) is 5.24 Å².